The fourth-order valence-electron chi connectivity index (χ4n) is 3.89. The lowest BCUT2D eigenvalue weighted by molar-refractivity contribution is -0.116. The third-order valence-corrected chi connectivity index (χ3v) is 5.09. The van der Waals surface area contributed by atoms with Crippen LogP contribution in [0.2, 0.25) is 0 Å². The zero-order chi connectivity index (χ0) is 19.7. The molecule has 1 aromatic carbocycles. The SMILES string of the molecule is CC1=C(C(=O)Nc2cccc(F)c2)[C@H](c2ccccn2)C2=C(CCCC2=O)N1. The van der Waals surface area contributed by atoms with Gasteiger partial charge in [0.15, 0.2) is 5.78 Å². The van der Waals surface area contributed by atoms with Gasteiger partial charge in [0.1, 0.15) is 5.82 Å². The number of dihydropyridines is 1. The van der Waals surface area contributed by atoms with E-state index in [4.69, 9.17) is 0 Å². The number of hydrogen-bond acceptors (Lipinski definition) is 4. The van der Waals surface area contributed by atoms with Crippen LogP contribution in [0.1, 0.15) is 37.8 Å². The molecule has 2 heterocycles. The predicted molar refractivity (Wildman–Crippen MR) is 104 cm³/mol. The van der Waals surface area contributed by atoms with Crippen LogP contribution in [0.5, 0.6) is 0 Å². The first-order chi connectivity index (χ1) is 13.5. The van der Waals surface area contributed by atoms with Gasteiger partial charge in [-0.05, 0) is 50.1 Å². The zero-order valence-electron chi connectivity index (χ0n) is 15.5. The van der Waals surface area contributed by atoms with Crippen LogP contribution in [0.25, 0.3) is 0 Å². The second-order valence-electron chi connectivity index (χ2n) is 6.98. The molecule has 0 radical (unpaired) electrons. The van der Waals surface area contributed by atoms with Gasteiger partial charge in [-0.3, -0.25) is 14.6 Å². The second-order valence-corrected chi connectivity index (χ2v) is 6.98. The average Bonchev–Trinajstić information content (AvgIpc) is 2.67. The van der Waals surface area contributed by atoms with Gasteiger partial charge in [0, 0.05) is 40.8 Å². The monoisotopic (exact) mass is 377 g/mol. The number of rotatable bonds is 3. The Hall–Kier alpha value is -3.28. The summed E-state index contributed by atoms with van der Waals surface area (Å²) in [4.78, 5) is 30.3. The molecule has 28 heavy (non-hydrogen) atoms. The lowest BCUT2D eigenvalue weighted by Gasteiger charge is -2.34. The summed E-state index contributed by atoms with van der Waals surface area (Å²) in [5.74, 6) is -1.32. The number of nitrogens with one attached hydrogen (secondary N) is 2. The van der Waals surface area contributed by atoms with Crippen molar-refractivity contribution in [3.8, 4) is 0 Å². The number of hydrogen-bond donors (Lipinski definition) is 2. The molecule has 0 bridgehead atoms. The van der Waals surface area contributed by atoms with E-state index in [1.165, 1.54) is 18.2 Å². The van der Waals surface area contributed by atoms with E-state index < -0.39 is 11.7 Å². The Morgan fingerprint density at radius 1 is 1.21 bits per heavy atom. The molecule has 4 rings (SSSR count). The maximum absolute atomic E-state index is 13.5. The number of Topliss-reactive ketones (excluding diaryl/α,β-unsaturated/α-hetero) is 1. The van der Waals surface area contributed by atoms with E-state index in [0.717, 1.165) is 18.5 Å². The Labute approximate surface area is 162 Å². The van der Waals surface area contributed by atoms with E-state index in [9.17, 15) is 14.0 Å². The van der Waals surface area contributed by atoms with Crippen LogP contribution in [0, 0.1) is 5.82 Å². The third kappa shape index (κ3) is 3.33. The van der Waals surface area contributed by atoms with E-state index in [1.807, 2.05) is 19.1 Å². The Bertz CT molecular complexity index is 1010. The average molecular weight is 377 g/mol. The summed E-state index contributed by atoms with van der Waals surface area (Å²) in [7, 11) is 0. The van der Waals surface area contributed by atoms with Gasteiger partial charge in [0.2, 0.25) is 0 Å². The number of aromatic nitrogens is 1. The lowest BCUT2D eigenvalue weighted by Crippen LogP contribution is -2.35. The number of ketones is 1. The number of carbonyl (C=O) groups is 2. The van der Waals surface area contributed by atoms with E-state index >= 15 is 0 Å². The Balaban J connectivity index is 1.77. The summed E-state index contributed by atoms with van der Waals surface area (Å²) in [6.07, 6.45) is 3.67. The molecule has 1 aromatic heterocycles. The number of anilines is 1. The second kappa shape index (κ2) is 7.38. The minimum Gasteiger partial charge on any atom is -0.362 e. The van der Waals surface area contributed by atoms with Crippen LogP contribution < -0.4 is 10.6 Å². The number of pyridine rings is 1. The minimum absolute atomic E-state index is 0.0351. The highest BCUT2D eigenvalue weighted by molar-refractivity contribution is 6.09. The summed E-state index contributed by atoms with van der Waals surface area (Å²) in [6.45, 7) is 1.82. The molecule has 142 valence electrons. The van der Waals surface area contributed by atoms with Crippen molar-refractivity contribution < 1.29 is 14.0 Å². The molecular weight excluding hydrogens is 357 g/mol. The summed E-state index contributed by atoms with van der Waals surface area (Å²) in [5, 5.41) is 6.01. The molecule has 1 amide bonds. The molecule has 1 atom stereocenters. The van der Waals surface area contributed by atoms with Crippen LogP contribution in [0.4, 0.5) is 10.1 Å². The number of nitrogens with zero attached hydrogens (tertiary/aromatic N) is 1. The zero-order valence-corrected chi connectivity index (χ0v) is 15.5. The maximum atomic E-state index is 13.5. The summed E-state index contributed by atoms with van der Waals surface area (Å²) < 4.78 is 13.5. The first-order valence-corrected chi connectivity index (χ1v) is 9.26. The first kappa shape index (κ1) is 18.1. The maximum Gasteiger partial charge on any atom is 0.254 e. The predicted octanol–water partition coefficient (Wildman–Crippen LogP) is 3.83. The van der Waals surface area contributed by atoms with Crippen LogP contribution in [-0.2, 0) is 9.59 Å². The van der Waals surface area contributed by atoms with Gasteiger partial charge in [0.25, 0.3) is 5.91 Å². The van der Waals surface area contributed by atoms with Crippen LogP contribution in [0.3, 0.4) is 0 Å². The van der Waals surface area contributed by atoms with Crippen molar-refractivity contribution in [2.75, 3.05) is 5.32 Å². The van der Waals surface area contributed by atoms with E-state index in [2.05, 4.69) is 15.6 Å². The fraction of sp³-hybridized carbons (Fsp3) is 0.227. The number of carbonyl (C=O) groups excluding carboxylic acids is 2. The van der Waals surface area contributed by atoms with Gasteiger partial charge in [-0.25, -0.2) is 4.39 Å². The molecular formula is C22H20FN3O2. The molecule has 1 aliphatic heterocycles. The summed E-state index contributed by atoms with van der Waals surface area (Å²) in [5.41, 5.74) is 3.59. The van der Waals surface area contributed by atoms with Crippen molar-refractivity contribution in [2.24, 2.45) is 0 Å². The Morgan fingerprint density at radius 3 is 2.82 bits per heavy atom. The highest BCUT2D eigenvalue weighted by Crippen LogP contribution is 2.41. The van der Waals surface area contributed by atoms with Gasteiger partial charge < -0.3 is 10.6 Å². The minimum atomic E-state index is -0.543. The number of benzene rings is 1. The van der Waals surface area contributed by atoms with Gasteiger partial charge in [-0.2, -0.15) is 0 Å². The quantitative estimate of drug-likeness (QED) is 0.853. The van der Waals surface area contributed by atoms with Crippen molar-refractivity contribution in [2.45, 2.75) is 32.1 Å². The van der Waals surface area contributed by atoms with Gasteiger partial charge in [0.05, 0.1) is 11.6 Å². The van der Waals surface area contributed by atoms with E-state index in [0.29, 0.717) is 34.6 Å². The van der Waals surface area contributed by atoms with Gasteiger partial charge >= 0.3 is 0 Å². The number of allylic oxidation sites excluding steroid dienone is 3. The van der Waals surface area contributed by atoms with Crippen LogP contribution in [-0.4, -0.2) is 16.7 Å². The largest absolute Gasteiger partial charge is 0.362 e. The molecule has 0 unspecified atom stereocenters. The molecule has 1 aliphatic carbocycles. The van der Waals surface area contributed by atoms with E-state index in [-0.39, 0.29) is 11.7 Å². The molecule has 0 spiro atoms. The van der Waals surface area contributed by atoms with Gasteiger partial charge in [-0.1, -0.05) is 12.1 Å². The normalized spacial score (nSPS) is 19.2. The van der Waals surface area contributed by atoms with Crippen molar-refractivity contribution in [1.29, 1.82) is 0 Å². The molecule has 0 saturated carbocycles. The Morgan fingerprint density at radius 2 is 2.07 bits per heavy atom. The molecule has 2 aromatic rings. The Kier molecular flexibility index (Phi) is 4.77. The highest BCUT2D eigenvalue weighted by Gasteiger charge is 2.39. The fourth-order valence-corrected chi connectivity index (χ4v) is 3.89. The molecule has 5 nitrogen and oxygen atoms in total. The molecule has 2 aliphatic rings. The van der Waals surface area contributed by atoms with Crippen LogP contribution in [0.15, 0.2) is 71.2 Å². The van der Waals surface area contributed by atoms with Gasteiger partial charge in [-0.15, -0.1) is 0 Å². The standard InChI is InChI=1S/C22H20FN3O2/c1-13-19(22(28)26-15-7-4-6-14(23)12-15)21(16-8-2-3-11-24-16)20-17(25-13)9-5-10-18(20)27/h2-4,6-8,11-12,21,25H,5,9-10H2,1H3,(H,26,28)/t21-/m0/s1. The molecule has 0 fully saturated rings. The van der Waals surface area contributed by atoms with Crippen molar-refractivity contribution in [3.05, 3.63) is 82.7 Å². The van der Waals surface area contributed by atoms with Crippen LogP contribution >= 0.6 is 0 Å². The van der Waals surface area contributed by atoms with E-state index in [1.54, 1.807) is 18.3 Å². The van der Waals surface area contributed by atoms with Crippen molar-refractivity contribution in [1.82, 2.24) is 10.3 Å². The molecule has 6 heteroatoms. The lowest BCUT2D eigenvalue weighted by atomic mass is 9.76. The molecule has 2 N–H and O–H groups in total. The van der Waals surface area contributed by atoms with Crippen molar-refractivity contribution >= 4 is 17.4 Å². The topological polar surface area (TPSA) is 71.1 Å². The van der Waals surface area contributed by atoms with Crippen molar-refractivity contribution in [3.63, 3.8) is 0 Å². The summed E-state index contributed by atoms with van der Waals surface area (Å²) in [6, 6.07) is 11.2. The smallest absolute Gasteiger partial charge is 0.254 e. The summed E-state index contributed by atoms with van der Waals surface area (Å²) >= 11 is 0. The third-order valence-electron chi connectivity index (χ3n) is 5.09. The number of halogens is 1. The first-order valence-electron chi connectivity index (χ1n) is 9.26. The molecule has 0 saturated heterocycles. The number of amides is 1. The highest BCUT2D eigenvalue weighted by atomic mass is 19.1.